The number of imidazole rings is 1. The SMILES string of the molecule is CCc1c(C(C)C)[nH]c2nc3cc(F)c(F)cc3n2c1=O. The normalized spacial score (nSPS) is 11.9. The van der Waals surface area contributed by atoms with Crippen molar-refractivity contribution in [1.29, 1.82) is 0 Å². The van der Waals surface area contributed by atoms with Gasteiger partial charge in [-0.2, -0.15) is 0 Å². The lowest BCUT2D eigenvalue weighted by molar-refractivity contribution is 0.510. The Kier molecular flexibility index (Phi) is 3.04. The van der Waals surface area contributed by atoms with Crippen LogP contribution in [0.4, 0.5) is 8.78 Å². The zero-order chi connectivity index (χ0) is 15.3. The first-order valence-corrected chi connectivity index (χ1v) is 6.86. The number of hydrogen-bond donors (Lipinski definition) is 1. The summed E-state index contributed by atoms with van der Waals surface area (Å²) in [5.41, 5.74) is 1.75. The molecule has 0 atom stereocenters. The first kappa shape index (κ1) is 13.7. The van der Waals surface area contributed by atoms with Crippen LogP contribution >= 0.6 is 0 Å². The number of benzene rings is 1. The quantitative estimate of drug-likeness (QED) is 0.788. The molecule has 110 valence electrons. The fourth-order valence-corrected chi connectivity index (χ4v) is 2.64. The van der Waals surface area contributed by atoms with Gasteiger partial charge in [0.25, 0.3) is 5.56 Å². The number of nitrogens with zero attached hydrogens (tertiary/aromatic N) is 2. The van der Waals surface area contributed by atoms with Crippen molar-refractivity contribution in [3.63, 3.8) is 0 Å². The van der Waals surface area contributed by atoms with Crippen molar-refractivity contribution < 1.29 is 8.78 Å². The molecular weight excluding hydrogens is 276 g/mol. The monoisotopic (exact) mass is 291 g/mol. The van der Waals surface area contributed by atoms with Gasteiger partial charge < -0.3 is 4.98 Å². The minimum absolute atomic E-state index is 0.130. The summed E-state index contributed by atoms with van der Waals surface area (Å²) in [5.74, 6) is -1.53. The number of fused-ring (bicyclic) bond motifs is 3. The van der Waals surface area contributed by atoms with Crippen molar-refractivity contribution in [3.8, 4) is 0 Å². The molecule has 2 aromatic heterocycles. The van der Waals surface area contributed by atoms with E-state index in [1.54, 1.807) is 0 Å². The van der Waals surface area contributed by atoms with E-state index in [9.17, 15) is 13.6 Å². The van der Waals surface area contributed by atoms with E-state index in [0.29, 0.717) is 17.8 Å². The summed E-state index contributed by atoms with van der Waals surface area (Å²) in [4.78, 5) is 20.0. The molecule has 2 heterocycles. The molecule has 0 bridgehead atoms. The maximum absolute atomic E-state index is 13.4. The summed E-state index contributed by atoms with van der Waals surface area (Å²) < 4.78 is 28.1. The molecule has 0 radical (unpaired) electrons. The molecule has 1 aromatic carbocycles. The standard InChI is InChI=1S/C15H15F2N3O/c1-4-8-13(7(2)3)19-15-18-11-5-9(16)10(17)6-12(11)20(15)14(8)21/h5-7H,4H2,1-3H3,(H,18,19). The van der Waals surface area contributed by atoms with Crippen molar-refractivity contribution in [3.05, 3.63) is 45.4 Å². The third-order valence-electron chi connectivity index (χ3n) is 3.66. The lowest BCUT2D eigenvalue weighted by Crippen LogP contribution is -2.22. The van der Waals surface area contributed by atoms with Gasteiger partial charge in [0.2, 0.25) is 5.78 Å². The molecule has 0 spiro atoms. The van der Waals surface area contributed by atoms with Crippen LogP contribution in [0.1, 0.15) is 37.9 Å². The number of aromatic nitrogens is 3. The smallest absolute Gasteiger partial charge is 0.262 e. The molecule has 0 saturated carbocycles. The van der Waals surface area contributed by atoms with Crippen LogP contribution < -0.4 is 5.56 Å². The lowest BCUT2D eigenvalue weighted by Gasteiger charge is -2.11. The highest BCUT2D eigenvalue weighted by molar-refractivity contribution is 5.79. The van der Waals surface area contributed by atoms with E-state index in [4.69, 9.17) is 0 Å². The van der Waals surface area contributed by atoms with Crippen molar-refractivity contribution in [2.24, 2.45) is 0 Å². The molecule has 0 aliphatic rings. The molecule has 21 heavy (non-hydrogen) atoms. The van der Waals surface area contributed by atoms with E-state index in [2.05, 4.69) is 9.97 Å². The van der Waals surface area contributed by atoms with Gasteiger partial charge in [0.05, 0.1) is 11.0 Å². The number of rotatable bonds is 2. The molecule has 3 rings (SSSR count). The minimum atomic E-state index is -0.991. The summed E-state index contributed by atoms with van der Waals surface area (Å²) in [6, 6.07) is 2.01. The molecular formula is C15H15F2N3O. The summed E-state index contributed by atoms with van der Waals surface area (Å²) >= 11 is 0. The van der Waals surface area contributed by atoms with Gasteiger partial charge in [0.15, 0.2) is 11.6 Å². The molecule has 0 amide bonds. The number of nitrogens with one attached hydrogen (secondary N) is 1. The summed E-state index contributed by atoms with van der Waals surface area (Å²) in [5, 5.41) is 0. The third kappa shape index (κ3) is 1.93. The van der Waals surface area contributed by atoms with Crippen molar-refractivity contribution in [2.45, 2.75) is 33.1 Å². The van der Waals surface area contributed by atoms with Gasteiger partial charge in [-0.1, -0.05) is 20.8 Å². The van der Waals surface area contributed by atoms with Crippen LogP contribution in [0, 0.1) is 11.6 Å². The highest BCUT2D eigenvalue weighted by Crippen LogP contribution is 2.21. The number of aromatic amines is 1. The predicted octanol–water partition coefficient (Wildman–Crippen LogP) is 3.14. The summed E-state index contributed by atoms with van der Waals surface area (Å²) in [6.45, 7) is 5.84. The van der Waals surface area contributed by atoms with Crippen LogP contribution in [0.2, 0.25) is 0 Å². The van der Waals surface area contributed by atoms with Gasteiger partial charge in [-0.05, 0) is 12.3 Å². The van der Waals surface area contributed by atoms with Gasteiger partial charge in [-0.25, -0.2) is 18.2 Å². The molecule has 3 aromatic rings. The number of hydrogen-bond acceptors (Lipinski definition) is 2. The largest absolute Gasteiger partial charge is 0.328 e. The highest BCUT2D eigenvalue weighted by atomic mass is 19.2. The van der Waals surface area contributed by atoms with Gasteiger partial charge in [-0.3, -0.25) is 4.79 Å². The topological polar surface area (TPSA) is 50.2 Å². The molecule has 0 aliphatic carbocycles. The number of H-pyrrole nitrogens is 1. The second kappa shape index (κ2) is 4.65. The Balaban J connectivity index is 2.52. The average Bonchev–Trinajstić information content (AvgIpc) is 2.76. The van der Waals surface area contributed by atoms with Crippen LogP contribution in [-0.4, -0.2) is 14.4 Å². The summed E-state index contributed by atoms with van der Waals surface area (Å²) in [6.07, 6.45) is 0.558. The fourth-order valence-electron chi connectivity index (χ4n) is 2.64. The molecule has 1 N–H and O–H groups in total. The Morgan fingerprint density at radius 2 is 1.95 bits per heavy atom. The van der Waals surface area contributed by atoms with E-state index in [-0.39, 0.29) is 22.5 Å². The van der Waals surface area contributed by atoms with Crippen molar-refractivity contribution in [1.82, 2.24) is 14.4 Å². The van der Waals surface area contributed by atoms with Gasteiger partial charge in [0.1, 0.15) is 0 Å². The Morgan fingerprint density at radius 1 is 1.29 bits per heavy atom. The fraction of sp³-hybridized carbons (Fsp3) is 0.333. The van der Waals surface area contributed by atoms with Gasteiger partial charge in [0, 0.05) is 23.4 Å². The Morgan fingerprint density at radius 3 is 2.57 bits per heavy atom. The van der Waals surface area contributed by atoms with E-state index in [1.165, 1.54) is 4.40 Å². The molecule has 0 aliphatic heterocycles. The minimum Gasteiger partial charge on any atom is -0.328 e. The molecule has 6 heteroatoms. The van der Waals surface area contributed by atoms with Gasteiger partial charge in [-0.15, -0.1) is 0 Å². The molecule has 0 fully saturated rings. The second-order valence-corrected chi connectivity index (χ2v) is 5.36. The second-order valence-electron chi connectivity index (χ2n) is 5.36. The van der Waals surface area contributed by atoms with Crippen LogP contribution in [-0.2, 0) is 6.42 Å². The zero-order valence-corrected chi connectivity index (χ0v) is 12.0. The first-order valence-electron chi connectivity index (χ1n) is 6.86. The highest BCUT2D eigenvalue weighted by Gasteiger charge is 2.17. The van der Waals surface area contributed by atoms with Crippen LogP contribution in [0.5, 0.6) is 0 Å². The third-order valence-corrected chi connectivity index (χ3v) is 3.66. The van der Waals surface area contributed by atoms with E-state index in [0.717, 1.165) is 17.8 Å². The Bertz CT molecular complexity index is 909. The molecule has 0 unspecified atom stereocenters. The summed E-state index contributed by atoms with van der Waals surface area (Å²) in [7, 11) is 0. The van der Waals surface area contributed by atoms with E-state index in [1.807, 2.05) is 20.8 Å². The van der Waals surface area contributed by atoms with Crippen LogP contribution in [0.25, 0.3) is 16.8 Å². The Hall–Kier alpha value is -2.24. The maximum atomic E-state index is 13.4. The Labute approximate surface area is 119 Å². The number of halogens is 2. The van der Waals surface area contributed by atoms with Gasteiger partial charge >= 0.3 is 0 Å². The maximum Gasteiger partial charge on any atom is 0.262 e. The predicted molar refractivity (Wildman–Crippen MR) is 76.7 cm³/mol. The average molecular weight is 291 g/mol. The lowest BCUT2D eigenvalue weighted by atomic mass is 10.0. The van der Waals surface area contributed by atoms with E-state index >= 15 is 0 Å². The zero-order valence-electron chi connectivity index (χ0n) is 12.0. The van der Waals surface area contributed by atoms with Crippen LogP contribution in [0.15, 0.2) is 16.9 Å². The molecule has 0 saturated heterocycles. The van der Waals surface area contributed by atoms with Crippen LogP contribution in [0.3, 0.4) is 0 Å². The van der Waals surface area contributed by atoms with Crippen molar-refractivity contribution >= 4 is 16.8 Å². The van der Waals surface area contributed by atoms with Crippen molar-refractivity contribution in [2.75, 3.05) is 0 Å². The first-order chi connectivity index (χ1) is 9.93. The van der Waals surface area contributed by atoms with E-state index < -0.39 is 11.6 Å². The molecule has 4 nitrogen and oxygen atoms in total.